The summed E-state index contributed by atoms with van der Waals surface area (Å²) in [4.78, 5) is 26.1. The zero-order chi connectivity index (χ0) is 17.4. The van der Waals surface area contributed by atoms with Crippen molar-refractivity contribution in [3.8, 4) is 0 Å². The van der Waals surface area contributed by atoms with Crippen LogP contribution < -0.4 is 10.6 Å². The number of rotatable bonds is 3. The van der Waals surface area contributed by atoms with Crippen LogP contribution in [0.3, 0.4) is 0 Å². The molecule has 2 aliphatic rings. The van der Waals surface area contributed by atoms with Crippen LogP contribution in [0.4, 0.5) is 10.1 Å². The number of hydrogen-bond acceptors (Lipinski definition) is 3. The van der Waals surface area contributed by atoms with Crippen molar-refractivity contribution in [1.29, 1.82) is 0 Å². The van der Waals surface area contributed by atoms with Gasteiger partial charge in [-0.1, -0.05) is 24.3 Å². The first-order valence-corrected chi connectivity index (χ1v) is 8.31. The minimum atomic E-state index is -0.394. The predicted molar refractivity (Wildman–Crippen MR) is 91.6 cm³/mol. The highest BCUT2D eigenvalue weighted by atomic mass is 19.1. The Balaban J connectivity index is 1.46. The lowest BCUT2D eigenvalue weighted by molar-refractivity contribution is -0.116. The molecule has 128 valence electrons. The van der Waals surface area contributed by atoms with E-state index in [-0.39, 0.29) is 24.0 Å². The molecule has 0 bridgehead atoms. The summed E-state index contributed by atoms with van der Waals surface area (Å²) in [6, 6.07) is 10.7. The summed E-state index contributed by atoms with van der Waals surface area (Å²) in [5, 5.41) is 5.80. The molecule has 2 aromatic carbocycles. The van der Waals surface area contributed by atoms with Gasteiger partial charge in [0, 0.05) is 18.7 Å². The van der Waals surface area contributed by atoms with Crippen LogP contribution in [0.15, 0.2) is 36.4 Å². The van der Waals surface area contributed by atoms with Gasteiger partial charge in [0.2, 0.25) is 5.91 Å². The summed E-state index contributed by atoms with van der Waals surface area (Å²) in [6.07, 6.45) is 0.602. The van der Waals surface area contributed by atoms with Crippen LogP contribution in [-0.4, -0.2) is 29.8 Å². The molecule has 0 atom stereocenters. The fourth-order valence-electron chi connectivity index (χ4n) is 3.44. The molecule has 0 aromatic heterocycles. The Kier molecular flexibility index (Phi) is 3.97. The number of nitrogens with zero attached hydrogens (tertiary/aromatic N) is 1. The molecule has 0 spiro atoms. The third-order valence-corrected chi connectivity index (χ3v) is 4.71. The second kappa shape index (κ2) is 6.29. The van der Waals surface area contributed by atoms with Crippen LogP contribution in [-0.2, 0) is 24.3 Å². The Hall–Kier alpha value is -2.73. The van der Waals surface area contributed by atoms with Crippen LogP contribution in [0.2, 0.25) is 0 Å². The van der Waals surface area contributed by atoms with E-state index in [0.717, 1.165) is 17.7 Å². The average molecular weight is 339 g/mol. The van der Waals surface area contributed by atoms with E-state index in [1.807, 2.05) is 18.2 Å². The SMILES string of the molecule is O=C(CN1Cc2ccccc2C1=O)Nc1ccc2c(c1F)CCNC2. The molecule has 25 heavy (non-hydrogen) atoms. The minimum Gasteiger partial charge on any atom is -0.325 e. The van der Waals surface area contributed by atoms with Gasteiger partial charge in [-0.3, -0.25) is 9.59 Å². The molecule has 0 unspecified atom stereocenters. The van der Waals surface area contributed by atoms with Gasteiger partial charge in [0.05, 0.1) is 5.69 Å². The Morgan fingerprint density at radius 2 is 2.04 bits per heavy atom. The monoisotopic (exact) mass is 339 g/mol. The van der Waals surface area contributed by atoms with Crippen molar-refractivity contribution in [3.63, 3.8) is 0 Å². The van der Waals surface area contributed by atoms with Crippen molar-refractivity contribution in [2.45, 2.75) is 19.5 Å². The lowest BCUT2D eigenvalue weighted by atomic mass is 9.99. The maximum Gasteiger partial charge on any atom is 0.254 e. The quantitative estimate of drug-likeness (QED) is 0.900. The van der Waals surface area contributed by atoms with Crippen LogP contribution >= 0.6 is 0 Å². The maximum absolute atomic E-state index is 14.6. The molecule has 2 aliphatic heterocycles. The van der Waals surface area contributed by atoms with Gasteiger partial charge < -0.3 is 15.5 Å². The van der Waals surface area contributed by atoms with Crippen molar-refractivity contribution in [2.75, 3.05) is 18.4 Å². The largest absolute Gasteiger partial charge is 0.325 e. The highest BCUT2D eigenvalue weighted by Gasteiger charge is 2.28. The van der Waals surface area contributed by atoms with E-state index in [1.165, 1.54) is 4.90 Å². The fourth-order valence-corrected chi connectivity index (χ4v) is 3.44. The topological polar surface area (TPSA) is 61.4 Å². The number of benzene rings is 2. The van der Waals surface area contributed by atoms with Gasteiger partial charge in [-0.15, -0.1) is 0 Å². The van der Waals surface area contributed by atoms with Crippen LogP contribution in [0.25, 0.3) is 0 Å². The summed E-state index contributed by atoms with van der Waals surface area (Å²) in [7, 11) is 0. The lowest BCUT2D eigenvalue weighted by Crippen LogP contribution is -2.33. The molecule has 6 heteroatoms. The molecule has 0 fully saturated rings. The maximum atomic E-state index is 14.6. The van der Waals surface area contributed by atoms with E-state index in [0.29, 0.717) is 30.6 Å². The Morgan fingerprint density at radius 1 is 1.20 bits per heavy atom. The second-order valence-electron chi connectivity index (χ2n) is 6.36. The second-order valence-corrected chi connectivity index (χ2v) is 6.36. The van der Waals surface area contributed by atoms with Crippen molar-refractivity contribution in [1.82, 2.24) is 10.2 Å². The molecular weight excluding hydrogens is 321 g/mol. The fraction of sp³-hybridized carbons (Fsp3) is 0.263. The minimum absolute atomic E-state index is 0.0917. The first kappa shape index (κ1) is 15.8. The van der Waals surface area contributed by atoms with Gasteiger partial charge in [-0.05, 0) is 41.8 Å². The first-order chi connectivity index (χ1) is 12.1. The molecule has 0 saturated carbocycles. The number of carbonyl (C=O) groups is 2. The number of hydrogen-bond donors (Lipinski definition) is 2. The van der Waals surface area contributed by atoms with E-state index in [4.69, 9.17) is 0 Å². The van der Waals surface area contributed by atoms with E-state index in [1.54, 1.807) is 18.2 Å². The Labute approximate surface area is 144 Å². The highest BCUT2D eigenvalue weighted by molar-refractivity contribution is 6.02. The smallest absolute Gasteiger partial charge is 0.254 e. The summed E-state index contributed by atoms with van der Waals surface area (Å²) < 4.78 is 14.6. The zero-order valence-corrected chi connectivity index (χ0v) is 13.6. The predicted octanol–water partition coefficient (Wildman–Crippen LogP) is 2.07. The number of amides is 2. The van der Waals surface area contributed by atoms with Crippen molar-refractivity contribution in [3.05, 3.63) is 64.5 Å². The molecule has 0 saturated heterocycles. The number of fused-ring (bicyclic) bond motifs is 2. The highest BCUT2D eigenvalue weighted by Crippen LogP contribution is 2.25. The zero-order valence-electron chi connectivity index (χ0n) is 13.6. The van der Waals surface area contributed by atoms with Crippen molar-refractivity contribution in [2.24, 2.45) is 0 Å². The molecule has 2 N–H and O–H groups in total. The molecule has 4 rings (SSSR count). The van der Waals surface area contributed by atoms with Crippen molar-refractivity contribution < 1.29 is 14.0 Å². The standard InChI is InChI=1S/C19H18FN3O2/c20-18-14-7-8-21-9-12(14)5-6-16(18)22-17(24)11-23-10-13-3-1-2-4-15(13)19(23)25/h1-6,21H,7-11H2,(H,22,24). The average Bonchev–Trinajstić information content (AvgIpc) is 2.94. The number of carbonyl (C=O) groups excluding carboxylic acids is 2. The summed E-state index contributed by atoms with van der Waals surface area (Å²) >= 11 is 0. The number of halogens is 1. The Bertz CT molecular complexity index is 866. The first-order valence-electron chi connectivity index (χ1n) is 8.31. The van der Waals surface area contributed by atoms with Gasteiger partial charge in [0.25, 0.3) is 5.91 Å². The van der Waals surface area contributed by atoms with E-state index in [2.05, 4.69) is 10.6 Å². The molecule has 2 amide bonds. The van der Waals surface area contributed by atoms with Crippen LogP contribution in [0.5, 0.6) is 0 Å². The lowest BCUT2D eigenvalue weighted by Gasteiger charge is -2.20. The summed E-state index contributed by atoms with van der Waals surface area (Å²) in [5.41, 5.74) is 3.29. The summed E-state index contributed by atoms with van der Waals surface area (Å²) in [5.74, 6) is -0.930. The van der Waals surface area contributed by atoms with Gasteiger partial charge in [-0.2, -0.15) is 0 Å². The Morgan fingerprint density at radius 3 is 2.88 bits per heavy atom. The van der Waals surface area contributed by atoms with Crippen LogP contribution in [0.1, 0.15) is 27.0 Å². The molecule has 2 aromatic rings. The normalized spacial score (nSPS) is 15.7. The van der Waals surface area contributed by atoms with E-state index < -0.39 is 5.91 Å². The molecule has 0 aliphatic carbocycles. The number of nitrogens with one attached hydrogen (secondary N) is 2. The van der Waals surface area contributed by atoms with Crippen LogP contribution in [0, 0.1) is 5.82 Å². The third-order valence-electron chi connectivity index (χ3n) is 4.71. The number of anilines is 1. The molecule has 0 radical (unpaired) electrons. The van der Waals surface area contributed by atoms with E-state index in [9.17, 15) is 14.0 Å². The van der Waals surface area contributed by atoms with Gasteiger partial charge in [0.15, 0.2) is 0 Å². The van der Waals surface area contributed by atoms with Crippen molar-refractivity contribution >= 4 is 17.5 Å². The third kappa shape index (κ3) is 2.89. The van der Waals surface area contributed by atoms with Gasteiger partial charge in [-0.25, -0.2) is 4.39 Å². The molecule has 5 nitrogen and oxygen atoms in total. The molecular formula is C19H18FN3O2. The van der Waals surface area contributed by atoms with Gasteiger partial charge in [0.1, 0.15) is 12.4 Å². The molecule has 2 heterocycles. The summed E-state index contributed by atoms with van der Waals surface area (Å²) in [6.45, 7) is 1.68. The van der Waals surface area contributed by atoms with Gasteiger partial charge >= 0.3 is 0 Å². The van der Waals surface area contributed by atoms with E-state index >= 15 is 0 Å².